The van der Waals surface area contributed by atoms with Crippen LogP contribution in [0.3, 0.4) is 0 Å². The Morgan fingerprint density at radius 1 is 1.28 bits per heavy atom. The van der Waals surface area contributed by atoms with E-state index in [4.69, 9.17) is 19.6 Å². The van der Waals surface area contributed by atoms with E-state index in [0.29, 0.717) is 29.2 Å². The van der Waals surface area contributed by atoms with Crippen LogP contribution < -0.4 is 10.5 Å². The number of nitrogens with zero attached hydrogens (tertiary/aromatic N) is 3. The molecule has 166 valence electrons. The zero-order chi connectivity index (χ0) is 22.7. The maximum atomic E-state index is 13.2. The average molecular weight is 458 g/mol. The predicted octanol–water partition coefficient (Wildman–Crippen LogP) is 3.84. The van der Waals surface area contributed by atoms with Crippen molar-refractivity contribution in [3.05, 3.63) is 89.8 Å². The molecule has 3 aromatic rings. The summed E-state index contributed by atoms with van der Waals surface area (Å²) < 4.78 is 40.7. The lowest BCUT2D eigenvalue weighted by molar-refractivity contribution is -0.0368. The molecule has 32 heavy (non-hydrogen) atoms. The second kappa shape index (κ2) is 9.05. The van der Waals surface area contributed by atoms with E-state index >= 15 is 0 Å². The topological polar surface area (TPSA) is 124 Å². The van der Waals surface area contributed by atoms with Gasteiger partial charge in [-0.05, 0) is 29.8 Å². The summed E-state index contributed by atoms with van der Waals surface area (Å²) in [5.41, 5.74) is 8.29. The van der Waals surface area contributed by atoms with Crippen LogP contribution in [0.4, 0.5) is 4.39 Å². The number of rotatable bonds is 7. The third-order valence-corrected chi connectivity index (χ3v) is 4.90. The van der Waals surface area contributed by atoms with Gasteiger partial charge in [-0.25, -0.2) is 5.06 Å². The van der Waals surface area contributed by atoms with Gasteiger partial charge in [0, 0.05) is 37.0 Å². The molecule has 1 aliphatic rings. The number of hydrogen-bond acceptors (Lipinski definition) is 8. The van der Waals surface area contributed by atoms with Gasteiger partial charge in [0.05, 0.1) is 5.69 Å². The quantitative estimate of drug-likeness (QED) is 0.401. The molecule has 0 saturated heterocycles. The number of allylic oxidation sites excluding steroid dienone is 2. The Morgan fingerprint density at radius 3 is 2.78 bits per heavy atom. The highest BCUT2D eigenvalue weighted by molar-refractivity contribution is 7.51. The van der Waals surface area contributed by atoms with E-state index in [0.717, 1.165) is 17.3 Å². The Morgan fingerprint density at radius 2 is 2.06 bits per heavy atom. The van der Waals surface area contributed by atoms with E-state index in [1.54, 1.807) is 36.4 Å². The first-order valence-electron chi connectivity index (χ1n) is 9.54. The van der Waals surface area contributed by atoms with Crippen molar-refractivity contribution in [2.24, 2.45) is 5.73 Å². The van der Waals surface area contributed by atoms with Gasteiger partial charge in [0.15, 0.2) is 5.76 Å². The van der Waals surface area contributed by atoms with Crippen LogP contribution in [-0.4, -0.2) is 32.9 Å². The van der Waals surface area contributed by atoms with Crippen LogP contribution in [-0.2, 0) is 15.6 Å². The SMILES string of the molecule is CP(=O)(O)ON1C=CC=C(c2cc(Cc3ccc(Oc4cccc(F)n4)cc3)no2)C1N. The van der Waals surface area contributed by atoms with Crippen molar-refractivity contribution in [1.82, 2.24) is 15.2 Å². The van der Waals surface area contributed by atoms with Gasteiger partial charge in [-0.1, -0.05) is 29.4 Å². The van der Waals surface area contributed by atoms with Crippen LogP contribution in [0.2, 0.25) is 0 Å². The summed E-state index contributed by atoms with van der Waals surface area (Å²) in [6, 6.07) is 13.3. The first-order chi connectivity index (χ1) is 15.3. The molecular formula is C21H20FN4O5P. The number of halogens is 1. The molecule has 2 aromatic heterocycles. The molecule has 0 radical (unpaired) electrons. The molecule has 3 N–H and O–H groups in total. The number of hydrogen-bond donors (Lipinski definition) is 2. The molecular weight excluding hydrogens is 438 g/mol. The van der Waals surface area contributed by atoms with Crippen molar-refractivity contribution >= 4 is 13.2 Å². The van der Waals surface area contributed by atoms with Crippen LogP contribution in [0.1, 0.15) is 17.0 Å². The first kappa shape index (κ1) is 21.9. The summed E-state index contributed by atoms with van der Waals surface area (Å²) in [6.07, 6.45) is 4.46. The maximum absolute atomic E-state index is 13.2. The Bertz CT molecular complexity index is 1200. The van der Waals surface area contributed by atoms with E-state index < -0.39 is 19.7 Å². The van der Waals surface area contributed by atoms with Crippen LogP contribution in [0.25, 0.3) is 5.57 Å². The molecule has 0 bridgehead atoms. The van der Waals surface area contributed by atoms with Crippen molar-refractivity contribution in [3.8, 4) is 11.6 Å². The van der Waals surface area contributed by atoms with Gasteiger partial charge >= 0.3 is 7.60 Å². The highest BCUT2D eigenvalue weighted by Crippen LogP contribution is 2.40. The molecule has 9 nitrogen and oxygen atoms in total. The largest absolute Gasteiger partial charge is 0.439 e. The van der Waals surface area contributed by atoms with E-state index in [2.05, 4.69) is 10.1 Å². The third-order valence-electron chi connectivity index (χ3n) is 4.41. The van der Waals surface area contributed by atoms with E-state index in [1.807, 2.05) is 12.1 Å². The molecule has 0 spiro atoms. The molecule has 11 heteroatoms. The average Bonchev–Trinajstić information content (AvgIpc) is 3.18. The summed E-state index contributed by atoms with van der Waals surface area (Å²) in [4.78, 5) is 13.1. The smallest absolute Gasteiger partial charge is 0.346 e. The summed E-state index contributed by atoms with van der Waals surface area (Å²) in [5, 5.41) is 5.18. The standard InChI is InChI=1S/C21H20FN4O5P/c1-32(27,28)31-26-11-3-4-17(21(26)23)18-13-15(25-30-18)12-14-7-9-16(10-8-14)29-20-6-2-5-19(22)24-20/h2-11,13,21H,12,23H2,1H3,(H,27,28). The summed E-state index contributed by atoms with van der Waals surface area (Å²) in [5.74, 6) is 0.504. The van der Waals surface area contributed by atoms with Crippen LogP contribution in [0.15, 0.2) is 71.4 Å². The minimum Gasteiger partial charge on any atom is -0.439 e. The van der Waals surface area contributed by atoms with Crippen LogP contribution in [0.5, 0.6) is 11.6 Å². The van der Waals surface area contributed by atoms with Crippen molar-refractivity contribution in [2.75, 3.05) is 6.66 Å². The van der Waals surface area contributed by atoms with Gasteiger partial charge in [-0.3, -0.25) is 4.57 Å². The monoisotopic (exact) mass is 458 g/mol. The minimum absolute atomic E-state index is 0.170. The highest BCUT2D eigenvalue weighted by Gasteiger charge is 2.27. The van der Waals surface area contributed by atoms with Gasteiger partial charge in [0.1, 0.15) is 11.9 Å². The lowest BCUT2D eigenvalue weighted by Gasteiger charge is -2.29. The van der Waals surface area contributed by atoms with E-state index in [1.165, 1.54) is 18.3 Å². The van der Waals surface area contributed by atoms with Crippen molar-refractivity contribution in [1.29, 1.82) is 0 Å². The second-order valence-electron chi connectivity index (χ2n) is 7.06. The Labute approximate surface area is 183 Å². The molecule has 1 aliphatic heterocycles. The van der Waals surface area contributed by atoms with Gasteiger partial charge in [0.2, 0.25) is 11.8 Å². The summed E-state index contributed by atoms with van der Waals surface area (Å²) in [7, 11) is -3.77. The Hall–Kier alpha value is -3.30. The fourth-order valence-corrected chi connectivity index (χ4v) is 3.53. The lowest BCUT2D eigenvalue weighted by atomic mass is 10.1. The van der Waals surface area contributed by atoms with Crippen LogP contribution >= 0.6 is 7.60 Å². The maximum Gasteiger partial charge on any atom is 0.346 e. The van der Waals surface area contributed by atoms with Crippen LogP contribution in [0, 0.1) is 5.95 Å². The fourth-order valence-electron chi connectivity index (χ4n) is 3.02. The van der Waals surface area contributed by atoms with Crippen molar-refractivity contribution < 1.29 is 27.7 Å². The predicted molar refractivity (Wildman–Crippen MR) is 114 cm³/mol. The number of nitrogens with two attached hydrogens (primary N) is 1. The fraction of sp³-hybridized carbons (Fsp3) is 0.143. The lowest BCUT2D eigenvalue weighted by Crippen LogP contribution is -2.39. The summed E-state index contributed by atoms with van der Waals surface area (Å²) in [6.45, 7) is 1.07. The summed E-state index contributed by atoms with van der Waals surface area (Å²) >= 11 is 0. The highest BCUT2D eigenvalue weighted by atomic mass is 31.2. The number of benzene rings is 1. The second-order valence-corrected chi connectivity index (χ2v) is 8.83. The van der Waals surface area contributed by atoms with Crippen molar-refractivity contribution in [2.45, 2.75) is 12.6 Å². The number of pyridine rings is 1. The molecule has 4 rings (SSSR count). The minimum atomic E-state index is -3.77. The molecule has 1 aromatic carbocycles. The first-order valence-corrected chi connectivity index (χ1v) is 11.6. The van der Waals surface area contributed by atoms with Gasteiger partial charge in [-0.15, -0.1) is 0 Å². The van der Waals surface area contributed by atoms with E-state index in [-0.39, 0.29) is 5.88 Å². The van der Waals surface area contributed by atoms with Gasteiger partial charge < -0.3 is 19.9 Å². The number of aromatic nitrogens is 2. The zero-order valence-electron chi connectivity index (χ0n) is 17.0. The molecule has 2 atom stereocenters. The number of ether oxygens (including phenoxy) is 1. The molecule has 0 fully saturated rings. The molecule has 0 amide bonds. The van der Waals surface area contributed by atoms with Crippen molar-refractivity contribution in [3.63, 3.8) is 0 Å². The molecule has 3 heterocycles. The van der Waals surface area contributed by atoms with Gasteiger partial charge in [-0.2, -0.15) is 14.0 Å². The van der Waals surface area contributed by atoms with Gasteiger partial charge in [0.25, 0.3) is 0 Å². The number of hydroxylamine groups is 2. The van der Waals surface area contributed by atoms with E-state index in [9.17, 15) is 13.8 Å². The molecule has 0 aliphatic carbocycles. The molecule has 2 unspecified atom stereocenters. The Balaban J connectivity index is 1.41. The Kier molecular flexibility index (Phi) is 6.20. The molecule has 0 saturated carbocycles. The normalized spacial score (nSPS) is 17.7. The zero-order valence-corrected chi connectivity index (χ0v) is 17.9. The third kappa shape index (κ3) is 5.49.